The molecule has 0 bridgehead atoms. The van der Waals surface area contributed by atoms with Gasteiger partial charge < -0.3 is 13.8 Å². The lowest BCUT2D eigenvalue weighted by Crippen LogP contribution is -2.40. The van der Waals surface area contributed by atoms with Crippen LogP contribution in [0.1, 0.15) is 55.6 Å². The predicted molar refractivity (Wildman–Crippen MR) is 135 cm³/mol. The molecule has 0 radical (unpaired) electrons. The van der Waals surface area contributed by atoms with E-state index in [2.05, 4.69) is 16.1 Å². The number of ether oxygens (including phenoxy) is 1. The van der Waals surface area contributed by atoms with Crippen LogP contribution in [0, 0.1) is 20.8 Å². The summed E-state index contributed by atoms with van der Waals surface area (Å²) in [7, 11) is 0. The molecule has 1 fully saturated rings. The van der Waals surface area contributed by atoms with Crippen LogP contribution in [0.3, 0.4) is 0 Å². The Kier molecular flexibility index (Phi) is 6.74. The number of rotatable bonds is 7. The van der Waals surface area contributed by atoms with E-state index in [1.807, 2.05) is 38.3 Å². The van der Waals surface area contributed by atoms with E-state index < -0.39 is 18.3 Å². The fourth-order valence-corrected chi connectivity index (χ4v) is 5.37. The Balaban J connectivity index is 1.63. The second-order valence-corrected chi connectivity index (χ2v) is 10.4. The molecule has 0 spiro atoms. The Hall–Kier alpha value is -2.98. The number of aryl methyl sites for hydroxylation is 3. The summed E-state index contributed by atoms with van der Waals surface area (Å²) in [5.74, 6) is 1.46. The zero-order chi connectivity index (χ0) is 26.5. The molecular weight excluding hydrogens is 483 g/mol. The Bertz CT molecular complexity index is 1420. The number of hydrogen-bond donors (Lipinski definition) is 0. The summed E-state index contributed by atoms with van der Waals surface area (Å²) in [6.07, 6.45) is 2.62. The monoisotopic (exact) mass is 515 g/mol. The van der Waals surface area contributed by atoms with Gasteiger partial charge in [-0.25, -0.2) is 9.37 Å². The molecule has 4 heterocycles. The van der Waals surface area contributed by atoms with Crippen LogP contribution in [0.15, 0.2) is 22.9 Å². The Labute approximate surface area is 213 Å². The first-order valence-electron chi connectivity index (χ1n) is 12.6. The topological polar surface area (TPSA) is 69.2 Å². The second-order valence-electron chi connectivity index (χ2n) is 10.4. The van der Waals surface area contributed by atoms with Gasteiger partial charge in [-0.15, -0.1) is 0 Å². The van der Waals surface area contributed by atoms with Gasteiger partial charge in [-0.3, -0.25) is 9.88 Å². The number of aromatic nitrogens is 4. The van der Waals surface area contributed by atoms with Gasteiger partial charge >= 0.3 is 6.61 Å². The van der Waals surface area contributed by atoms with Crippen LogP contribution in [0.2, 0.25) is 0 Å². The number of halogens is 3. The van der Waals surface area contributed by atoms with E-state index in [0.717, 1.165) is 50.4 Å². The van der Waals surface area contributed by atoms with Crippen LogP contribution in [-0.4, -0.2) is 56.6 Å². The maximum atomic E-state index is 14.4. The third-order valence-electron chi connectivity index (χ3n) is 7.41. The van der Waals surface area contributed by atoms with Gasteiger partial charge in [-0.05, 0) is 70.7 Å². The van der Waals surface area contributed by atoms with E-state index in [1.165, 1.54) is 0 Å². The van der Waals surface area contributed by atoms with Gasteiger partial charge in [0, 0.05) is 24.0 Å². The zero-order valence-corrected chi connectivity index (χ0v) is 21.8. The molecule has 1 saturated heterocycles. The molecule has 1 aliphatic heterocycles. The summed E-state index contributed by atoms with van der Waals surface area (Å²) in [6, 6.07) is 3.67. The van der Waals surface area contributed by atoms with Crippen LogP contribution in [-0.2, 0) is 11.3 Å². The molecule has 0 unspecified atom stereocenters. The molecule has 0 saturated carbocycles. The molecule has 5 rings (SSSR count). The lowest BCUT2D eigenvalue weighted by atomic mass is 9.96. The molecule has 0 aliphatic carbocycles. The normalized spacial score (nSPS) is 17.3. The Morgan fingerprint density at radius 2 is 1.86 bits per heavy atom. The first-order valence-corrected chi connectivity index (χ1v) is 12.6. The highest BCUT2D eigenvalue weighted by Crippen LogP contribution is 2.36. The molecular formula is C27H32F3N5O2. The zero-order valence-electron chi connectivity index (χ0n) is 21.8. The quantitative estimate of drug-likeness (QED) is 0.288. The number of fused-ring (bicyclic) bond motifs is 3. The molecule has 1 atom stereocenters. The Morgan fingerprint density at radius 1 is 1.14 bits per heavy atom. The van der Waals surface area contributed by atoms with Crippen molar-refractivity contribution in [2.75, 3.05) is 19.7 Å². The first kappa shape index (κ1) is 25.7. The smallest absolute Gasteiger partial charge is 0.345 e. The van der Waals surface area contributed by atoms with Crippen molar-refractivity contribution in [3.63, 3.8) is 0 Å². The van der Waals surface area contributed by atoms with E-state index in [1.54, 1.807) is 13.1 Å². The van der Waals surface area contributed by atoms with Crippen molar-refractivity contribution in [3.8, 4) is 11.1 Å². The SMILES string of the molecule is Cc1cc2c(cc1-c1c(C)noc1C)ncc1nc(CN3CCC(C)(F)CC3)n([C@@H](C)COC(F)F)c12. The van der Waals surface area contributed by atoms with Crippen LogP contribution >= 0.6 is 0 Å². The molecule has 0 amide bonds. The lowest BCUT2D eigenvalue weighted by Gasteiger charge is -2.34. The fraction of sp³-hybridized carbons (Fsp3) is 0.519. The van der Waals surface area contributed by atoms with Crippen LogP contribution in [0.25, 0.3) is 33.1 Å². The number of hydrogen-bond acceptors (Lipinski definition) is 6. The molecule has 37 heavy (non-hydrogen) atoms. The highest BCUT2D eigenvalue weighted by atomic mass is 19.3. The number of piperidine rings is 1. The fourth-order valence-electron chi connectivity index (χ4n) is 5.37. The van der Waals surface area contributed by atoms with Crippen LogP contribution in [0.4, 0.5) is 13.2 Å². The summed E-state index contributed by atoms with van der Waals surface area (Å²) >= 11 is 0. The number of nitrogens with zero attached hydrogens (tertiary/aromatic N) is 5. The van der Waals surface area contributed by atoms with Crippen molar-refractivity contribution in [1.82, 2.24) is 24.6 Å². The van der Waals surface area contributed by atoms with Crippen molar-refractivity contribution in [2.45, 2.75) is 72.3 Å². The van der Waals surface area contributed by atoms with Gasteiger partial charge in [0.1, 0.15) is 22.8 Å². The highest BCUT2D eigenvalue weighted by molar-refractivity contribution is 6.04. The summed E-state index contributed by atoms with van der Waals surface area (Å²) in [6.45, 7) is 7.97. The average Bonchev–Trinajstić information content (AvgIpc) is 3.37. The van der Waals surface area contributed by atoms with E-state index in [4.69, 9.17) is 19.2 Å². The molecule has 198 valence electrons. The molecule has 4 aromatic rings. The third kappa shape index (κ3) is 4.96. The number of imidazole rings is 1. The number of pyridine rings is 1. The van der Waals surface area contributed by atoms with E-state index >= 15 is 0 Å². The van der Waals surface area contributed by atoms with Crippen molar-refractivity contribution in [1.29, 1.82) is 0 Å². The molecule has 1 aromatic carbocycles. The average molecular weight is 516 g/mol. The lowest BCUT2D eigenvalue weighted by molar-refractivity contribution is -0.135. The minimum absolute atomic E-state index is 0.168. The summed E-state index contributed by atoms with van der Waals surface area (Å²) in [4.78, 5) is 11.7. The van der Waals surface area contributed by atoms with Gasteiger partial charge in [-0.2, -0.15) is 8.78 Å². The van der Waals surface area contributed by atoms with Crippen molar-refractivity contribution < 1.29 is 22.4 Å². The van der Waals surface area contributed by atoms with Gasteiger partial charge in [0.05, 0.1) is 42.1 Å². The van der Waals surface area contributed by atoms with Gasteiger partial charge in [0.15, 0.2) is 0 Å². The largest absolute Gasteiger partial charge is 0.361 e. The van der Waals surface area contributed by atoms with Crippen molar-refractivity contribution >= 4 is 21.9 Å². The number of alkyl halides is 3. The first-order chi connectivity index (χ1) is 17.5. The minimum Gasteiger partial charge on any atom is -0.361 e. The summed E-state index contributed by atoms with van der Waals surface area (Å²) < 4.78 is 52.3. The van der Waals surface area contributed by atoms with Crippen molar-refractivity contribution in [3.05, 3.63) is 41.2 Å². The van der Waals surface area contributed by atoms with Crippen LogP contribution < -0.4 is 0 Å². The number of likely N-dealkylation sites (tertiary alicyclic amines) is 1. The third-order valence-corrected chi connectivity index (χ3v) is 7.41. The number of benzene rings is 1. The summed E-state index contributed by atoms with van der Waals surface area (Å²) in [5, 5.41) is 4.97. The maximum Gasteiger partial charge on any atom is 0.345 e. The van der Waals surface area contributed by atoms with Gasteiger partial charge in [0.25, 0.3) is 0 Å². The molecule has 7 nitrogen and oxygen atoms in total. The van der Waals surface area contributed by atoms with Crippen LogP contribution in [0.5, 0.6) is 0 Å². The van der Waals surface area contributed by atoms with E-state index in [-0.39, 0.29) is 6.61 Å². The maximum absolute atomic E-state index is 14.4. The summed E-state index contributed by atoms with van der Waals surface area (Å²) in [5.41, 5.74) is 4.85. The standard InChI is InChI=1S/C27H32F3N5O2/c1-15-10-20-21(11-19(15)24-17(3)33-37-18(24)4)31-12-22-25(20)35(16(2)14-36-26(28)29)23(32-22)13-34-8-6-27(5,30)7-9-34/h10-12,16,26H,6-9,13-14H2,1-5H3/t16-/m0/s1. The molecule has 0 N–H and O–H groups in total. The van der Waals surface area contributed by atoms with Gasteiger partial charge in [-0.1, -0.05) is 5.16 Å². The minimum atomic E-state index is -2.86. The molecule has 10 heteroatoms. The highest BCUT2D eigenvalue weighted by Gasteiger charge is 2.31. The molecule has 1 aliphatic rings. The van der Waals surface area contributed by atoms with Gasteiger partial charge in [0.2, 0.25) is 0 Å². The predicted octanol–water partition coefficient (Wildman–Crippen LogP) is 6.29. The second kappa shape index (κ2) is 9.72. The van der Waals surface area contributed by atoms with E-state index in [9.17, 15) is 13.2 Å². The molecule has 3 aromatic heterocycles. The van der Waals surface area contributed by atoms with E-state index in [0.29, 0.717) is 38.0 Å². The van der Waals surface area contributed by atoms with Crippen molar-refractivity contribution in [2.24, 2.45) is 0 Å². The Morgan fingerprint density at radius 3 is 2.51 bits per heavy atom.